The van der Waals surface area contributed by atoms with Crippen molar-refractivity contribution >= 4 is 12.0 Å². The van der Waals surface area contributed by atoms with E-state index in [4.69, 9.17) is 15.3 Å². The number of nitrogens with two attached hydrogens (primary N) is 1. The predicted molar refractivity (Wildman–Crippen MR) is 64.7 cm³/mol. The van der Waals surface area contributed by atoms with Crippen molar-refractivity contribution in [2.24, 2.45) is 0 Å². The van der Waals surface area contributed by atoms with Crippen LogP contribution in [0.1, 0.15) is 16.1 Å². The van der Waals surface area contributed by atoms with Crippen LogP contribution >= 0.6 is 0 Å². The molecule has 88 valence electrons. The molecule has 0 unspecified atom stereocenters. The van der Waals surface area contributed by atoms with E-state index in [0.717, 1.165) is 16.7 Å². The first-order valence-corrected chi connectivity index (χ1v) is 5.28. The van der Waals surface area contributed by atoms with Gasteiger partial charge in [0, 0.05) is 23.4 Å². The molecular weight excluding hydrogens is 218 g/mol. The van der Waals surface area contributed by atoms with Gasteiger partial charge in [-0.15, -0.1) is 0 Å². The van der Waals surface area contributed by atoms with E-state index >= 15 is 0 Å². The Labute approximate surface area is 98.7 Å². The van der Waals surface area contributed by atoms with Gasteiger partial charge in [-0.2, -0.15) is 0 Å². The fourth-order valence-electron chi connectivity index (χ4n) is 1.76. The van der Waals surface area contributed by atoms with Gasteiger partial charge in [-0.1, -0.05) is 18.2 Å². The average molecular weight is 231 g/mol. The monoisotopic (exact) mass is 231 g/mol. The lowest BCUT2D eigenvalue weighted by atomic mass is 10.0. The molecule has 0 fully saturated rings. The quantitative estimate of drug-likeness (QED) is 0.622. The minimum Gasteiger partial charge on any atom is -0.461 e. The zero-order chi connectivity index (χ0) is 12.3. The van der Waals surface area contributed by atoms with Gasteiger partial charge < -0.3 is 15.3 Å². The Morgan fingerprint density at radius 3 is 2.88 bits per heavy atom. The van der Waals surface area contributed by atoms with Crippen molar-refractivity contribution in [3.05, 3.63) is 41.9 Å². The van der Waals surface area contributed by atoms with Crippen LogP contribution in [0.5, 0.6) is 0 Å². The van der Waals surface area contributed by atoms with Gasteiger partial charge in [0.15, 0.2) is 12.0 Å². The number of furan rings is 1. The van der Waals surface area contributed by atoms with Crippen molar-refractivity contribution in [3.63, 3.8) is 0 Å². The molecule has 0 spiro atoms. The number of para-hydroxylation sites is 1. The summed E-state index contributed by atoms with van der Waals surface area (Å²) in [6.45, 7) is 0.0542. The lowest BCUT2D eigenvalue weighted by Gasteiger charge is -2.08. The maximum absolute atomic E-state index is 10.5. The van der Waals surface area contributed by atoms with Gasteiger partial charge in [0.1, 0.15) is 0 Å². The number of hydrogen-bond acceptors (Lipinski definition) is 4. The number of aldehydes is 1. The zero-order valence-corrected chi connectivity index (χ0v) is 9.22. The molecule has 4 heteroatoms. The van der Waals surface area contributed by atoms with E-state index in [1.807, 2.05) is 18.2 Å². The van der Waals surface area contributed by atoms with Crippen LogP contribution in [-0.4, -0.2) is 18.0 Å². The highest BCUT2D eigenvalue weighted by atomic mass is 16.3. The molecule has 0 atom stereocenters. The molecule has 0 saturated carbocycles. The van der Waals surface area contributed by atoms with Gasteiger partial charge in [-0.3, -0.25) is 4.79 Å². The molecule has 0 aliphatic rings. The van der Waals surface area contributed by atoms with E-state index in [9.17, 15) is 4.79 Å². The second-order valence-corrected chi connectivity index (χ2v) is 3.71. The third-order valence-corrected chi connectivity index (χ3v) is 2.62. The Morgan fingerprint density at radius 1 is 1.41 bits per heavy atom. The molecule has 0 saturated heterocycles. The Kier molecular flexibility index (Phi) is 3.25. The molecular formula is C13H13NO3. The molecule has 1 aromatic carbocycles. The van der Waals surface area contributed by atoms with Crippen molar-refractivity contribution in [3.8, 4) is 11.1 Å². The Hall–Kier alpha value is -2.07. The minimum atomic E-state index is 0.0542. The van der Waals surface area contributed by atoms with E-state index in [1.54, 1.807) is 6.07 Å². The predicted octanol–water partition coefficient (Wildman–Crippen LogP) is 1.88. The van der Waals surface area contributed by atoms with E-state index in [2.05, 4.69) is 0 Å². The number of benzene rings is 1. The van der Waals surface area contributed by atoms with Crippen LogP contribution in [-0.2, 0) is 6.42 Å². The largest absolute Gasteiger partial charge is 0.461 e. The second kappa shape index (κ2) is 4.84. The molecule has 0 aliphatic heterocycles. The number of hydrogen-bond donors (Lipinski definition) is 2. The molecule has 17 heavy (non-hydrogen) atoms. The third kappa shape index (κ3) is 2.21. The average Bonchev–Trinajstić information content (AvgIpc) is 2.80. The highest BCUT2D eigenvalue weighted by Gasteiger charge is 2.09. The van der Waals surface area contributed by atoms with E-state index in [0.29, 0.717) is 18.4 Å². The van der Waals surface area contributed by atoms with Crippen molar-refractivity contribution in [2.45, 2.75) is 6.42 Å². The minimum absolute atomic E-state index is 0.0542. The summed E-state index contributed by atoms with van der Waals surface area (Å²) in [4.78, 5) is 10.5. The maximum Gasteiger partial charge on any atom is 0.185 e. The summed E-state index contributed by atoms with van der Waals surface area (Å²) in [5.41, 5.74) is 9.09. The summed E-state index contributed by atoms with van der Waals surface area (Å²) in [7, 11) is 0. The van der Waals surface area contributed by atoms with Crippen molar-refractivity contribution in [1.29, 1.82) is 0 Å². The van der Waals surface area contributed by atoms with Crippen LogP contribution in [0, 0.1) is 0 Å². The van der Waals surface area contributed by atoms with Crippen LogP contribution in [0.15, 0.2) is 34.9 Å². The van der Waals surface area contributed by atoms with Gasteiger partial charge in [-0.25, -0.2) is 0 Å². The first-order valence-electron chi connectivity index (χ1n) is 5.28. The summed E-state index contributed by atoms with van der Waals surface area (Å²) in [6, 6.07) is 7.23. The number of rotatable bonds is 4. The number of carbonyl (C=O) groups is 1. The van der Waals surface area contributed by atoms with E-state index in [-0.39, 0.29) is 12.4 Å². The number of anilines is 1. The number of carbonyl (C=O) groups excluding carboxylic acids is 1. The van der Waals surface area contributed by atoms with E-state index in [1.165, 1.54) is 6.26 Å². The molecule has 1 aromatic heterocycles. The van der Waals surface area contributed by atoms with Crippen LogP contribution in [0.3, 0.4) is 0 Å². The molecule has 0 bridgehead atoms. The number of aliphatic hydroxyl groups is 1. The zero-order valence-electron chi connectivity index (χ0n) is 9.22. The molecule has 0 aliphatic carbocycles. The summed E-state index contributed by atoms with van der Waals surface area (Å²) in [5.74, 6) is 0.270. The summed E-state index contributed by atoms with van der Waals surface area (Å²) in [5, 5.41) is 8.93. The maximum atomic E-state index is 10.5. The topological polar surface area (TPSA) is 76.5 Å². The van der Waals surface area contributed by atoms with Gasteiger partial charge in [0.2, 0.25) is 0 Å². The molecule has 0 radical (unpaired) electrons. The number of nitrogen functional groups attached to an aromatic ring is 1. The van der Waals surface area contributed by atoms with Crippen molar-refractivity contribution in [1.82, 2.24) is 0 Å². The second-order valence-electron chi connectivity index (χ2n) is 3.71. The molecule has 2 rings (SSSR count). The lowest BCUT2D eigenvalue weighted by Crippen LogP contribution is -1.99. The lowest BCUT2D eigenvalue weighted by molar-refractivity contribution is 0.110. The van der Waals surface area contributed by atoms with Gasteiger partial charge in [-0.05, 0) is 18.1 Å². The first-order chi connectivity index (χ1) is 8.26. The fourth-order valence-corrected chi connectivity index (χ4v) is 1.76. The highest BCUT2D eigenvalue weighted by Crippen LogP contribution is 2.29. The molecule has 2 aromatic rings. The Morgan fingerprint density at radius 2 is 2.24 bits per heavy atom. The van der Waals surface area contributed by atoms with Crippen LogP contribution in [0.25, 0.3) is 11.1 Å². The SMILES string of the molecule is Nc1c(CCO)cccc1-c1coc(C=O)c1. The summed E-state index contributed by atoms with van der Waals surface area (Å²) in [6.07, 6.45) is 2.66. The van der Waals surface area contributed by atoms with Crippen molar-refractivity contribution < 1.29 is 14.3 Å². The molecule has 3 N–H and O–H groups in total. The molecule has 1 heterocycles. The van der Waals surface area contributed by atoms with Crippen LogP contribution in [0.2, 0.25) is 0 Å². The summed E-state index contributed by atoms with van der Waals surface area (Å²) >= 11 is 0. The smallest absolute Gasteiger partial charge is 0.185 e. The fraction of sp³-hybridized carbons (Fsp3) is 0.154. The van der Waals surface area contributed by atoms with E-state index < -0.39 is 0 Å². The Bertz CT molecular complexity index is 531. The van der Waals surface area contributed by atoms with Crippen LogP contribution < -0.4 is 5.73 Å². The van der Waals surface area contributed by atoms with Crippen LogP contribution in [0.4, 0.5) is 5.69 Å². The molecule has 4 nitrogen and oxygen atoms in total. The molecule has 0 amide bonds. The highest BCUT2D eigenvalue weighted by molar-refractivity contribution is 5.81. The van der Waals surface area contributed by atoms with Gasteiger partial charge >= 0.3 is 0 Å². The standard InChI is InChI=1S/C13H13NO3/c14-13-9(4-5-15)2-1-3-12(13)10-6-11(7-16)17-8-10/h1-3,6-8,15H,4-5,14H2. The Balaban J connectivity index is 2.44. The van der Waals surface area contributed by atoms with Crippen molar-refractivity contribution in [2.75, 3.05) is 12.3 Å². The number of aliphatic hydroxyl groups excluding tert-OH is 1. The first kappa shape index (κ1) is 11.4. The third-order valence-electron chi connectivity index (χ3n) is 2.62. The van der Waals surface area contributed by atoms with Gasteiger partial charge in [0.25, 0.3) is 0 Å². The normalized spacial score (nSPS) is 10.4. The summed E-state index contributed by atoms with van der Waals surface area (Å²) < 4.78 is 5.05. The van der Waals surface area contributed by atoms with Gasteiger partial charge in [0.05, 0.1) is 6.26 Å².